The molecule has 0 saturated carbocycles. The van der Waals surface area contributed by atoms with Crippen LogP contribution in [0, 0.1) is 5.82 Å². The van der Waals surface area contributed by atoms with E-state index in [1.807, 2.05) is 47.2 Å². The summed E-state index contributed by atoms with van der Waals surface area (Å²) in [6.45, 7) is 0.352. The maximum absolute atomic E-state index is 14.0. The van der Waals surface area contributed by atoms with E-state index in [1.54, 1.807) is 25.2 Å². The van der Waals surface area contributed by atoms with Crippen LogP contribution in [0.15, 0.2) is 72.9 Å². The average molecular weight is 443 g/mol. The first-order valence-electron chi connectivity index (χ1n) is 9.62. The monoisotopic (exact) mass is 442 g/mol. The van der Waals surface area contributed by atoms with E-state index in [0.717, 1.165) is 22.0 Å². The van der Waals surface area contributed by atoms with Gasteiger partial charge in [-0.3, -0.25) is 0 Å². The highest BCUT2D eigenvalue weighted by atomic mass is 35.5. The van der Waals surface area contributed by atoms with Crippen molar-refractivity contribution in [1.29, 1.82) is 0 Å². The van der Waals surface area contributed by atoms with E-state index in [-0.39, 0.29) is 5.82 Å². The van der Waals surface area contributed by atoms with Crippen LogP contribution >= 0.6 is 23.2 Å². The van der Waals surface area contributed by atoms with Crippen LogP contribution in [0.3, 0.4) is 0 Å². The number of hydrogen-bond acceptors (Lipinski definition) is 2. The van der Waals surface area contributed by atoms with E-state index >= 15 is 0 Å². The summed E-state index contributed by atoms with van der Waals surface area (Å²) in [5.41, 5.74) is 3.37. The highest BCUT2D eigenvalue weighted by Crippen LogP contribution is 2.39. The fraction of sp³-hybridized carbons (Fsp3) is 0.167. The van der Waals surface area contributed by atoms with Gasteiger partial charge in [0, 0.05) is 44.8 Å². The SMILES string of the molecule is CNCC(O)C(c1cccc(F)c1)n1cc(-c2ccc(Cl)cc2Cl)c2ccccc21. The molecule has 2 unspecified atom stereocenters. The topological polar surface area (TPSA) is 37.2 Å². The third kappa shape index (κ3) is 3.96. The van der Waals surface area contributed by atoms with Gasteiger partial charge in [-0.1, -0.05) is 59.6 Å². The molecule has 0 aliphatic heterocycles. The average Bonchev–Trinajstić information content (AvgIpc) is 3.08. The van der Waals surface area contributed by atoms with Crippen LogP contribution in [0.2, 0.25) is 10.0 Å². The van der Waals surface area contributed by atoms with Gasteiger partial charge in [0.1, 0.15) is 5.82 Å². The molecule has 4 aromatic rings. The van der Waals surface area contributed by atoms with Crippen LogP contribution < -0.4 is 5.32 Å². The van der Waals surface area contributed by atoms with Crippen molar-refractivity contribution in [1.82, 2.24) is 9.88 Å². The summed E-state index contributed by atoms with van der Waals surface area (Å²) in [5.74, 6) is -0.341. The maximum atomic E-state index is 14.0. The summed E-state index contributed by atoms with van der Waals surface area (Å²) in [4.78, 5) is 0. The van der Waals surface area contributed by atoms with Crippen molar-refractivity contribution >= 4 is 34.1 Å². The summed E-state index contributed by atoms with van der Waals surface area (Å²) in [6.07, 6.45) is 1.19. The second kappa shape index (κ2) is 8.78. The Morgan fingerprint density at radius 1 is 1.00 bits per heavy atom. The first-order chi connectivity index (χ1) is 14.5. The van der Waals surface area contributed by atoms with E-state index in [1.165, 1.54) is 12.1 Å². The molecule has 2 atom stereocenters. The van der Waals surface area contributed by atoms with Crippen molar-refractivity contribution in [2.45, 2.75) is 12.1 Å². The van der Waals surface area contributed by atoms with Gasteiger partial charge in [0.15, 0.2) is 0 Å². The minimum Gasteiger partial charge on any atom is -0.389 e. The quantitative estimate of drug-likeness (QED) is 0.388. The third-order valence-electron chi connectivity index (χ3n) is 5.23. The van der Waals surface area contributed by atoms with Crippen LogP contribution in [0.5, 0.6) is 0 Å². The molecule has 0 aliphatic carbocycles. The second-order valence-corrected chi connectivity index (χ2v) is 8.06. The van der Waals surface area contributed by atoms with Crippen LogP contribution in [0.25, 0.3) is 22.0 Å². The third-order valence-corrected chi connectivity index (χ3v) is 5.78. The molecule has 0 bridgehead atoms. The normalized spacial score (nSPS) is 13.5. The van der Waals surface area contributed by atoms with Gasteiger partial charge in [-0.15, -0.1) is 0 Å². The van der Waals surface area contributed by atoms with Crippen molar-refractivity contribution in [3.05, 3.63) is 94.4 Å². The number of likely N-dealkylation sites (N-methyl/N-ethyl adjacent to an activating group) is 1. The Balaban J connectivity index is 1.96. The Morgan fingerprint density at radius 2 is 1.80 bits per heavy atom. The summed E-state index contributed by atoms with van der Waals surface area (Å²) in [6, 6.07) is 19.2. The first kappa shape index (κ1) is 20.9. The van der Waals surface area contributed by atoms with Crippen LogP contribution in [0.4, 0.5) is 4.39 Å². The highest BCUT2D eigenvalue weighted by molar-refractivity contribution is 6.36. The number of hydrogen-bond donors (Lipinski definition) is 2. The number of aliphatic hydroxyl groups excluding tert-OH is 1. The fourth-order valence-electron chi connectivity index (χ4n) is 3.94. The lowest BCUT2D eigenvalue weighted by molar-refractivity contribution is 0.132. The molecule has 1 aromatic heterocycles. The predicted molar refractivity (Wildman–Crippen MR) is 122 cm³/mol. The number of nitrogens with zero attached hydrogens (tertiary/aromatic N) is 1. The van der Waals surface area contributed by atoms with Gasteiger partial charge in [0.25, 0.3) is 0 Å². The van der Waals surface area contributed by atoms with Crippen molar-refractivity contribution in [3.8, 4) is 11.1 Å². The predicted octanol–water partition coefficient (Wildman–Crippen LogP) is 5.92. The molecule has 30 heavy (non-hydrogen) atoms. The van der Waals surface area contributed by atoms with E-state index in [9.17, 15) is 9.50 Å². The zero-order valence-corrected chi connectivity index (χ0v) is 17.8. The van der Waals surface area contributed by atoms with Crippen LogP contribution in [-0.4, -0.2) is 29.4 Å². The molecule has 1 heterocycles. The largest absolute Gasteiger partial charge is 0.389 e. The smallest absolute Gasteiger partial charge is 0.123 e. The second-order valence-electron chi connectivity index (χ2n) is 7.22. The number of benzene rings is 3. The standard InChI is InChI=1S/C24H21Cl2FN2O/c1-28-13-23(30)24(15-5-4-6-17(27)11-15)29-14-20(19-7-2-3-8-22(19)29)18-10-9-16(25)12-21(18)26/h2-12,14,23-24,28,30H,13H2,1H3. The minimum atomic E-state index is -0.777. The van der Waals surface area contributed by atoms with Crippen molar-refractivity contribution in [2.75, 3.05) is 13.6 Å². The molecular formula is C24H21Cl2FN2O. The van der Waals surface area contributed by atoms with Gasteiger partial charge in [-0.2, -0.15) is 0 Å². The molecule has 0 amide bonds. The van der Waals surface area contributed by atoms with E-state index < -0.39 is 12.1 Å². The van der Waals surface area contributed by atoms with Gasteiger partial charge < -0.3 is 15.0 Å². The molecule has 0 fully saturated rings. The summed E-state index contributed by atoms with van der Waals surface area (Å²) >= 11 is 12.6. The number of aromatic nitrogens is 1. The number of fused-ring (bicyclic) bond motifs is 1. The Kier molecular flexibility index (Phi) is 6.11. The van der Waals surface area contributed by atoms with Gasteiger partial charge >= 0.3 is 0 Å². The lowest BCUT2D eigenvalue weighted by atomic mass is 10.0. The lowest BCUT2D eigenvalue weighted by Gasteiger charge is -2.26. The number of nitrogens with one attached hydrogen (secondary N) is 1. The molecule has 4 rings (SSSR count). The summed E-state index contributed by atoms with van der Waals surface area (Å²) in [5, 5.41) is 16.1. The molecule has 154 valence electrons. The van der Waals surface area contributed by atoms with E-state index in [2.05, 4.69) is 5.32 Å². The summed E-state index contributed by atoms with van der Waals surface area (Å²) < 4.78 is 16.0. The molecule has 3 aromatic carbocycles. The van der Waals surface area contributed by atoms with Crippen molar-refractivity contribution in [2.24, 2.45) is 0 Å². The Morgan fingerprint density at radius 3 is 2.53 bits per heavy atom. The van der Waals surface area contributed by atoms with Crippen LogP contribution in [0.1, 0.15) is 11.6 Å². The molecule has 0 spiro atoms. The molecular weight excluding hydrogens is 422 g/mol. The molecule has 0 saturated heterocycles. The van der Waals surface area contributed by atoms with Crippen molar-refractivity contribution in [3.63, 3.8) is 0 Å². The molecule has 0 aliphatic rings. The Bertz CT molecular complexity index is 1190. The van der Waals surface area contributed by atoms with E-state index in [4.69, 9.17) is 23.2 Å². The fourth-order valence-corrected chi connectivity index (χ4v) is 4.45. The molecule has 3 nitrogen and oxygen atoms in total. The molecule has 0 radical (unpaired) electrons. The number of halogens is 3. The zero-order chi connectivity index (χ0) is 21.3. The lowest BCUT2D eigenvalue weighted by Crippen LogP contribution is -2.33. The number of aliphatic hydroxyl groups is 1. The van der Waals surface area contributed by atoms with Gasteiger partial charge in [-0.05, 0) is 42.9 Å². The van der Waals surface area contributed by atoms with Gasteiger partial charge in [-0.25, -0.2) is 4.39 Å². The summed E-state index contributed by atoms with van der Waals surface area (Å²) in [7, 11) is 1.78. The number of rotatable bonds is 6. The Labute approximate surface area is 184 Å². The molecule has 2 N–H and O–H groups in total. The minimum absolute atomic E-state index is 0.341. The van der Waals surface area contributed by atoms with Crippen LogP contribution in [-0.2, 0) is 0 Å². The molecule has 6 heteroatoms. The number of para-hydroxylation sites is 1. The van der Waals surface area contributed by atoms with E-state index in [0.29, 0.717) is 22.2 Å². The van der Waals surface area contributed by atoms with Gasteiger partial charge in [0.2, 0.25) is 0 Å². The first-order valence-corrected chi connectivity index (χ1v) is 10.4. The zero-order valence-electron chi connectivity index (χ0n) is 16.3. The maximum Gasteiger partial charge on any atom is 0.123 e. The van der Waals surface area contributed by atoms with Crippen molar-refractivity contribution < 1.29 is 9.50 Å². The highest BCUT2D eigenvalue weighted by Gasteiger charge is 2.26. The Hall–Kier alpha value is -2.37. The van der Waals surface area contributed by atoms with Gasteiger partial charge in [0.05, 0.1) is 12.1 Å².